The van der Waals surface area contributed by atoms with Crippen molar-refractivity contribution in [3.8, 4) is 0 Å². The predicted octanol–water partition coefficient (Wildman–Crippen LogP) is 2.39. The van der Waals surface area contributed by atoms with Crippen LogP contribution in [0.5, 0.6) is 0 Å². The molecule has 23 heavy (non-hydrogen) atoms. The summed E-state index contributed by atoms with van der Waals surface area (Å²) in [4.78, 5) is 24.8. The first-order valence-electron chi connectivity index (χ1n) is 7.43. The van der Waals surface area contributed by atoms with Gasteiger partial charge in [0.05, 0.1) is 11.1 Å². The van der Waals surface area contributed by atoms with Gasteiger partial charge < -0.3 is 10.6 Å². The van der Waals surface area contributed by atoms with Gasteiger partial charge in [0.1, 0.15) is 12.1 Å². The van der Waals surface area contributed by atoms with E-state index in [1.165, 1.54) is 6.33 Å². The number of amides is 1. The van der Waals surface area contributed by atoms with E-state index in [1.54, 1.807) is 18.5 Å². The summed E-state index contributed by atoms with van der Waals surface area (Å²) in [6.45, 7) is 3.02. The molecular weight excluding hydrogens is 290 g/mol. The van der Waals surface area contributed by atoms with Crippen LogP contribution in [0.2, 0.25) is 0 Å². The first-order valence-corrected chi connectivity index (χ1v) is 7.43. The third-order valence-electron chi connectivity index (χ3n) is 3.39. The van der Waals surface area contributed by atoms with Crippen LogP contribution in [-0.4, -0.2) is 27.4 Å². The van der Waals surface area contributed by atoms with Gasteiger partial charge in [-0.2, -0.15) is 0 Å². The minimum absolute atomic E-state index is 0.0998. The number of carbonyl (C=O) groups is 1. The third kappa shape index (κ3) is 3.42. The monoisotopic (exact) mass is 307 g/mol. The number of benzene rings is 1. The summed E-state index contributed by atoms with van der Waals surface area (Å²) in [6.07, 6.45) is 4.97. The van der Waals surface area contributed by atoms with Gasteiger partial charge in [-0.3, -0.25) is 4.79 Å². The maximum Gasteiger partial charge on any atom is 0.252 e. The second-order valence-electron chi connectivity index (χ2n) is 5.03. The van der Waals surface area contributed by atoms with Crippen LogP contribution < -0.4 is 10.6 Å². The summed E-state index contributed by atoms with van der Waals surface area (Å²) in [5.41, 5.74) is 2.34. The van der Waals surface area contributed by atoms with Crippen molar-refractivity contribution in [3.63, 3.8) is 0 Å². The van der Waals surface area contributed by atoms with Crippen LogP contribution in [0.15, 0.2) is 49.1 Å². The molecule has 0 aliphatic rings. The highest BCUT2D eigenvalue weighted by atomic mass is 16.1. The zero-order chi connectivity index (χ0) is 16.1. The maximum atomic E-state index is 12.3. The number of hydrogen-bond acceptors (Lipinski definition) is 5. The molecule has 2 N–H and O–H groups in total. The van der Waals surface area contributed by atoms with Crippen molar-refractivity contribution < 1.29 is 4.79 Å². The standard InChI is InChI=1S/C17H17N5O/c1-2-20-17(23)14-7-16(21-10-12-8-18-11-19-9-12)22-15-6-4-3-5-13(14)15/h3-9,11H,2,10H2,1H3,(H,20,23)(H,21,22). The molecule has 0 aliphatic carbocycles. The second kappa shape index (κ2) is 6.83. The molecule has 2 heterocycles. The van der Waals surface area contributed by atoms with Crippen molar-refractivity contribution in [1.29, 1.82) is 0 Å². The molecule has 3 rings (SSSR count). The zero-order valence-corrected chi connectivity index (χ0v) is 12.8. The summed E-state index contributed by atoms with van der Waals surface area (Å²) in [7, 11) is 0. The summed E-state index contributed by atoms with van der Waals surface area (Å²) >= 11 is 0. The highest BCUT2D eigenvalue weighted by Gasteiger charge is 2.12. The molecule has 0 fully saturated rings. The topological polar surface area (TPSA) is 79.8 Å². The van der Waals surface area contributed by atoms with Crippen molar-refractivity contribution >= 4 is 22.6 Å². The Balaban J connectivity index is 1.93. The van der Waals surface area contributed by atoms with Gasteiger partial charge in [0, 0.05) is 36.4 Å². The summed E-state index contributed by atoms with van der Waals surface area (Å²) < 4.78 is 0. The Labute approximate surface area is 134 Å². The van der Waals surface area contributed by atoms with Crippen molar-refractivity contribution in [2.45, 2.75) is 13.5 Å². The van der Waals surface area contributed by atoms with Gasteiger partial charge in [-0.1, -0.05) is 18.2 Å². The van der Waals surface area contributed by atoms with Crippen LogP contribution >= 0.6 is 0 Å². The van der Waals surface area contributed by atoms with Gasteiger partial charge in [-0.25, -0.2) is 15.0 Å². The number of fused-ring (bicyclic) bond motifs is 1. The third-order valence-corrected chi connectivity index (χ3v) is 3.39. The van der Waals surface area contributed by atoms with Crippen LogP contribution in [0.4, 0.5) is 5.82 Å². The molecule has 116 valence electrons. The SMILES string of the molecule is CCNC(=O)c1cc(NCc2cncnc2)nc2ccccc12. The van der Waals surface area contributed by atoms with Crippen LogP contribution in [0, 0.1) is 0 Å². The molecule has 0 radical (unpaired) electrons. The molecule has 0 aliphatic heterocycles. The number of hydrogen-bond donors (Lipinski definition) is 2. The lowest BCUT2D eigenvalue weighted by Gasteiger charge is -2.11. The second-order valence-corrected chi connectivity index (χ2v) is 5.03. The summed E-state index contributed by atoms with van der Waals surface area (Å²) in [5, 5.41) is 6.90. The van der Waals surface area contributed by atoms with Gasteiger partial charge in [0.15, 0.2) is 0 Å². The van der Waals surface area contributed by atoms with Crippen LogP contribution in [0.1, 0.15) is 22.8 Å². The Bertz CT molecular complexity index is 820. The fraction of sp³-hybridized carbons (Fsp3) is 0.176. The normalized spacial score (nSPS) is 10.5. The minimum atomic E-state index is -0.0998. The molecule has 0 atom stereocenters. The van der Waals surface area contributed by atoms with Gasteiger partial charge in [0.25, 0.3) is 5.91 Å². The lowest BCUT2D eigenvalue weighted by Crippen LogP contribution is -2.23. The predicted molar refractivity (Wildman–Crippen MR) is 89.1 cm³/mol. The number of nitrogens with zero attached hydrogens (tertiary/aromatic N) is 3. The Kier molecular flexibility index (Phi) is 4.42. The number of carbonyl (C=O) groups excluding carboxylic acids is 1. The van der Waals surface area contributed by atoms with Crippen molar-refractivity contribution in [3.05, 3.63) is 60.2 Å². The van der Waals surface area contributed by atoms with Crippen LogP contribution in [-0.2, 0) is 6.54 Å². The Morgan fingerprint density at radius 1 is 1.17 bits per heavy atom. The number of nitrogens with one attached hydrogen (secondary N) is 2. The van der Waals surface area contributed by atoms with Crippen molar-refractivity contribution in [1.82, 2.24) is 20.3 Å². The largest absolute Gasteiger partial charge is 0.366 e. The molecule has 1 amide bonds. The molecule has 6 nitrogen and oxygen atoms in total. The highest BCUT2D eigenvalue weighted by Crippen LogP contribution is 2.21. The molecule has 2 aromatic heterocycles. The number of anilines is 1. The summed E-state index contributed by atoms with van der Waals surface area (Å²) in [5.74, 6) is 0.547. The van der Waals surface area contributed by atoms with E-state index < -0.39 is 0 Å². The first-order chi connectivity index (χ1) is 11.3. The Morgan fingerprint density at radius 3 is 2.74 bits per heavy atom. The van der Waals surface area contributed by atoms with Crippen molar-refractivity contribution in [2.75, 3.05) is 11.9 Å². The lowest BCUT2D eigenvalue weighted by atomic mass is 10.1. The highest BCUT2D eigenvalue weighted by molar-refractivity contribution is 6.06. The number of pyridine rings is 1. The Morgan fingerprint density at radius 2 is 1.96 bits per heavy atom. The van der Waals surface area contributed by atoms with E-state index in [0.717, 1.165) is 16.5 Å². The minimum Gasteiger partial charge on any atom is -0.366 e. The summed E-state index contributed by atoms with van der Waals surface area (Å²) in [6, 6.07) is 9.39. The average Bonchev–Trinajstić information content (AvgIpc) is 2.60. The molecule has 0 saturated carbocycles. The molecule has 0 spiro atoms. The molecule has 0 saturated heterocycles. The molecular formula is C17H17N5O. The van der Waals surface area contributed by atoms with E-state index in [-0.39, 0.29) is 5.91 Å². The van der Waals surface area contributed by atoms with Gasteiger partial charge in [-0.15, -0.1) is 0 Å². The first kappa shape index (κ1) is 14.9. The quantitative estimate of drug-likeness (QED) is 0.756. The lowest BCUT2D eigenvalue weighted by molar-refractivity contribution is 0.0957. The van der Waals surface area contributed by atoms with Crippen LogP contribution in [0.3, 0.4) is 0 Å². The maximum absolute atomic E-state index is 12.3. The number of para-hydroxylation sites is 1. The van der Waals surface area contributed by atoms with E-state index in [4.69, 9.17) is 0 Å². The Hall–Kier alpha value is -3.02. The van der Waals surface area contributed by atoms with E-state index in [0.29, 0.717) is 24.5 Å². The molecule has 6 heteroatoms. The van der Waals surface area contributed by atoms with E-state index >= 15 is 0 Å². The van der Waals surface area contributed by atoms with E-state index in [9.17, 15) is 4.79 Å². The van der Waals surface area contributed by atoms with Crippen LogP contribution in [0.25, 0.3) is 10.9 Å². The van der Waals surface area contributed by atoms with Gasteiger partial charge in [-0.05, 0) is 19.1 Å². The van der Waals surface area contributed by atoms with E-state index in [1.807, 2.05) is 31.2 Å². The molecule has 3 aromatic rings. The molecule has 0 bridgehead atoms. The molecule has 1 aromatic carbocycles. The average molecular weight is 307 g/mol. The number of aromatic nitrogens is 3. The smallest absolute Gasteiger partial charge is 0.252 e. The fourth-order valence-electron chi connectivity index (χ4n) is 2.32. The van der Waals surface area contributed by atoms with E-state index in [2.05, 4.69) is 25.6 Å². The molecule has 0 unspecified atom stereocenters. The zero-order valence-electron chi connectivity index (χ0n) is 12.8. The fourth-order valence-corrected chi connectivity index (χ4v) is 2.32. The van der Waals surface area contributed by atoms with Gasteiger partial charge in [0.2, 0.25) is 0 Å². The number of rotatable bonds is 5. The van der Waals surface area contributed by atoms with Gasteiger partial charge >= 0.3 is 0 Å². The van der Waals surface area contributed by atoms with Crippen molar-refractivity contribution in [2.24, 2.45) is 0 Å².